The average molecular weight is 358 g/mol. The second kappa shape index (κ2) is 6.88. The van der Waals surface area contributed by atoms with Gasteiger partial charge in [0.2, 0.25) is 0 Å². The van der Waals surface area contributed by atoms with Gasteiger partial charge in [-0.05, 0) is 54.0 Å². The first-order valence-corrected chi connectivity index (χ1v) is 8.39. The SMILES string of the molecule is Fc1cc(F)cc(CC2=CCN(CCc3c[nH]c4ccc(F)cc34)O2)c1. The quantitative estimate of drug-likeness (QED) is 0.727. The topological polar surface area (TPSA) is 28.3 Å². The first kappa shape index (κ1) is 16.7. The van der Waals surface area contributed by atoms with E-state index in [1.165, 1.54) is 24.3 Å². The highest BCUT2D eigenvalue weighted by Crippen LogP contribution is 2.22. The molecule has 3 aromatic rings. The second-order valence-electron chi connectivity index (χ2n) is 6.36. The van der Waals surface area contributed by atoms with E-state index in [2.05, 4.69) is 4.98 Å². The number of benzene rings is 2. The zero-order chi connectivity index (χ0) is 18.1. The van der Waals surface area contributed by atoms with Crippen molar-refractivity contribution in [3.05, 3.63) is 83.0 Å². The number of rotatable bonds is 5. The first-order chi connectivity index (χ1) is 12.6. The Morgan fingerprint density at radius 1 is 1.00 bits per heavy atom. The van der Waals surface area contributed by atoms with Crippen LogP contribution in [0.15, 0.2) is 54.4 Å². The molecule has 6 heteroatoms. The number of aromatic amines is 1. The summed E-state index contributed by atoms with van der Waals surface area (Å²) in [4.78, 5) is 8.88. The lowest BCUT2D eigenvalue weighted by atomic mass is 10.1. The highest BCUT2D eigenvalue weighted by Gasteiger charge is 2.17. The zero-order valence-electron chi connectivity index (χ0n) is 13.9. The molecule has 0 saturated heterocycles. The molecule has 0 aliphatic carbocycles. The van der Waals surface area contributed by atoms with Crippen molar-refractivity contribution in [1.82, 2.24) is 10.0 Å². The molecular weight excluding hydrogens is 341 g/mol. The Kier molecular flexibility index (Phi) is 4.42. The minimum absolute atomic E-state index is 0.262. The molecule has 1 aromatic heterocycles. The van der Waals surface area contributed by atoms with Gasteiger partial charge in [0.05, 0.1) is 6.54 Å². The van der Waals surface area contributed by atoms with E-state index >= 15 is 0 Å². The molecule has 134 valence electrons. The summed E-state index contributed by atoms with van der Waals surface area (Å²) in [5.41, 5.74) is 2.45. The fraction of sp³-hybridized carbons (Fsp3) is 0.200. The summed E-state index contributed by atoms with van der Waals surface area (Å²) in [5, 5.41) is 2.65. The van der Waals surface area contributed by atoms with Gasteiger partial charge in [0.1, 0.15) is 23.2 Å². The van der Waals surface area contributed by atoms with Crippen molar-refractivity contribution >= 4 is 10.9 Å². The molecule has 0 saturated carbocycles. The molecule has 2 heterocycles. The Bertz CT molecular complexity index is 960. The maximum atomic E-state index is 13.4. The molecule has 26 heavy (non-hydrogen) atoms. The fourth-order valence-electron chi connectivity index (χ4n) is 3.20. The van der Waals surface area contributed by atoms with Crippen LogP contribution < -0.4 is 0 Å². The van der Waals surface area contributed by atoms with Crippen LogP contribution in [0.1, 0.15) is 11.1 Å². The summed E-state index contributed by atoms with van der Waals surface area (Å²) in [6, 6.07) is 8.13. The van der Waals surface area contributed by atoms with Crippen LogP contribution in [-0.2, 0) is 17.7 Å². The highest BCUT2D eigenvalue weighted by atomic mass is 19.1. The Morgan fingerprint density at radius 2 is 1.81 bits per heavy atom. The number of nitrogens with one attached hydrogen (secondary N) is 1. The molecule has 3 nitrogen and oxygen atoms in total. The Morgan fingerprint density at radius 3 is 2.62 bits per heavy atom. The predicted octanol–water partition coefficient (Wildman–Crippen LogP) is 4.50. The van der Waals surface area contributed by atoms with Crippen molar-refractivity contribution in [2.45, 2.75) is 12.8 Å². The largest absolute Gasteiger partial charge is 0.410 e. The van der Waals surface area contributed by atoms with Gasteiger partial charge in [-0.3, -0.25) is 0 Å². The summed E-state index contributed by atoms with van der Waals surface area (Å²) in [6.45, 7) is 1.23. The third-order valence-corrected chi connectivity index (χ3v) is 4.43. The van der Waals surface area contributed by atoms with E-state index < -0.39 is 11.6 Å². The van der Waals surface area contributed by atoms with Crippen molar-refractivity contribution in [2.24, 2.45) is 0 Å². The van der Waals surface area contributed by atoms with Gasteiger partial charge in [0, 0.05) is 36.1 Å². The molecular formula is C20H17F3N2O. The molecule has 0 atom stereocenters. The second-order valence-corrected chi connectivity index (χ2v) is 6.36. The molecule has 0 unspecified atom stereocenters. The van der Waals surface area contributed by atoms with E-state index in [1.54, 1.807) is 11.1 Å². The van der Waals surface area contributed by atoms with Gasteiger partial charge in [-0.25, -0.2) is 13.2 Å². The van der Waals surface area contributed by atoms with Crippen LogP contribution in [0.5, 0.6) is 0 Å². The lowest BCUT2D eigenvalue weighted by molar-refractivity contribution is -0.0914. The molecule has 0 fully saturated rings. The minimum Gasteiger partial charge on any atom is -0.410 e. The van der Waals surface area contributed by atoms with E-state index in [0.29, 0.717) is 37.3 Å². The van der Waals surface area contributed by atoms with Gasteiger partial charge >= 0.3 is 0 Å². The van der Waals surface area contributed by atoms with Crippen molar-refractivity contribution < 1.29 is 18.0 Å². The van der Waals surface area contributed by atoms with E-state index in [4.69, 9.17) is 4.84 Å². The van der Waals surface area contributed by atoms with Gasteiger partial charge in [0.15, 0.2) is 0 Å². The lowest BCUT2D eigenvalue weighted by Gasteiger charge is -2.16. The normalized spacial score (nSPS) is 14.7. The molecule has 0 spiro atoms. The van der Waals surface area contributed by atoms with Gasteiger partial charge in [-0.2, -0.15) is 0 Å². The van der Waals surface area contributed by atoms with E-state index in [1.807, 2.05) is 12.3 Å². The monoisotopic (exact) mass is 358 g/mol. The molecule has 0 amide bonds. The molecule has 1 N–H and O–H groups in total. The molecule has 1 aliphatic heterocycles. The summed E-state index contributed by atoms with van der Waals surface area (Å²) < 4.78 is 40.0. The smallest absolute Gasteiger partial charge is 0.126 e. The third-order valence-electron chi connectivity index (χ3n) is 4.43. The lowest BCUT2D eigenvalue weighted by Crippen LogP contribution is -2.22. The predicted molar refractivity (Wildman–Crippen MR) is 92.8 cm³/mol. The van der Waals surface area contributed by atoms with Crippen molar-refractivity contribution in [3.8, 4) is 0 Å². The van der Waals surface area contributed by atoms with Crippen LogP contribution in [0.3, 0.4) is 0 Å². The zero-order valence-corrected chi connectivity index (χ0v) is 13.9. The van der Waals surface area contributed by atoms with E-state index in [0.717, 1.165) is 22.5 Å². The molecule has 4 rings (SSSR count). The molecule has 1 aliphatic rings. The number of allylic oxidation sites excluding steroid dienone is 1. The fourth-order valence-corrected chi connectivity index (χ4v) is 3.20. The van der Waals surface area contributed by atoms with Crippen LogP contribution in [0, 0.1) is 17.5 Å². The summed E-state index contributed by atoms with van der Waals surface area (Å²) in [6.07, 6.45) is 4.81. The number of H-pyrrole nitrogens is 1. The summed E-state index contributed by atoms with van der Waals surface area (Å²) in [5.74, 6) is -0.786. The number of hydrogen-bond acceptors (Lipinski definition) is 2. The van der Waals surface area contributed by atoms with Crippen LogP contribution in [0.4, 0.5) is 13.2 Å². The number of hydrogen-bond donors (Lipinski definition) is 1. The summed E-state index contributed by atoms with van der Waals surface area (Å²) >= 11 is 0. The maximum Gasteiger partial charge on any atom is 0.126 e. The molecule has 0 bridgehead atoms. The number of aromatic nitrogens is 1. The number of fused-ring (bicyclic) bond motifs is 1. The van der Waals surface area contributed by atoms with Crippen LogP contribution in [0.2, 0.25) is 0 Å². The standard InChI is InChI=1S/C20H17F3N2O/c21-15-1-2-20-19(11-15)14(12-24-20)3-5-25-6-4-18(26-25)9-13-7-16(22)10-17(23)8-13/h1-2,4,7-8,10-12,24H,3,5-6,9H2. The highest BCUT2D eigenvalue weighted by molar-refractivity contribution is 5.83. The van der Waals surface area contributed by atoms with Crippen LogP contribution >= 0.6 is 0 Å². The minimum atomic E-state index is -0.595. The van der Waals surface area contributed by atoms with E-state index in [9.17, 15) is 13.2 Å². The Balaban J connectivity index is 1.35. The number of nitrogens with zero attached hydrogens (tertiary/aromatic N) is 1. The Hall–Kier alpha value is -2.73. The summed E-state index contributed by atoms with van der Waals surface area (Å²) in [7, 11) is 0. The third kappa shape index (κ3) is 3.60. The maximum absolute atomic E-state index is 13.4. The van der Waals surface area contributed by atoms with Gasteiger partial charge in [-0.1, -0.05) is 0 Å². The van der Waals surface area contributed by atoms with Gasteiger partial charge in [-0.15, -0.1) is 5.06 Å². The van der Waals surface area contributed by atoms with Crippen molar-refractivity contribution in [3.63, 3.8) is 0 Å². The van der Waals surface area contributed by atoms with Gasteiger partial charge < -0.3 is 9.82 Å². The molecule has 0 radical (unpaired) electrons. The van der Waals surface area contributed by atoms with E-state index in [-0.39, 0.29) is 5.82 Å². The van der Waals surface area contributed by atoms with Crippen molar-refractivity contribution in [2.75, 3.05) is 13.1 Å². The van der Waals surface area contributed by atoms with Crippen LogP contribution in [-0.4, -0.2) is 23.1 Å². The molecule has 2 aromatic carbocycles. The average Bonchev–Trinajstić information content (AvgIpc) is 3.18. The Labute approximate surface area is 148 Å². The van der Waals surface area contributed by atoms with Crippen molar-refractivity contribution in [1.29, 1.82) is 0 Å². The number of hydroxylamine groups is 2. The van der Waals surface area contributed by atoms with Crippen LogP contribution in [0.25, 0.3) is 10.9 Å². The van der Waals surface area contributed by atoms with Gasteiger partial charge in [0.25, 0.3) is 0 Å². The first-order valence-electron chi connectivity index (χ1n) is 8.39. The number of halogens is 3.